The highest BCUT2D eigenvalue weighted by Gasteiger charge is 2.38. The van der Waals surface area contributed by atoms with E-state index in [9.17, 15) is 0 Å². The monoisotopic (exact) mass is 285 g/mol. The molecule has 0 amide bonds. The molecule has 0 bridgehead atoms. The van der Waals surface area contributed by atoms with Crippen molar-refractivity contribution in [3.05, 3.63) is 77.9 Å². The van der Waals surface area contributed by atoms with E-state index in [1.54, 1.807) is 0 Å². The van der Waals surface area contributed by atoms with Crippen LogP contribution >= 0.6 is 0 Å². The molecular formula is C21H19N. The molecule has 0 aliphatic heterocycles. The Labute approximate surface area is 131 Å². The van der Waals surface area contributed by atoms with Crippen LogP contribution in [0.4, 0.5) is 5.69 Å². The lowest BCUT2D eigenvalue weighted by molar-refractivity contribution is 0.663. The fraction of sp³-hybridized carbons (Fsp3) is 0.143. The summed E-state index contributed by atoms with van der Waals surface area (Å²) in [5.74, 6) is 0. The van der Waals surface area contributed by atoms with Crippen molar-refractivity contribution in [1.82, 2.24) is 0 Å². The Morgan fingerprint density at radius 3 is 2.18 bits per heavy atom. The van der Waals surface area contributed by atoms with E-state index in [1.807, 2.05) is 0 Å². The zero-order valence-electron chi connectivity index (χ0n) is 12.9. The summed E-state index contributed by atoms with van der Waals surface area (Å²) < 4.78 is 0. The zero-order valence-corrected chi connectivity index (χ0v) is 12.9. The number of hydrogen-bond acceptors (Lipinski definition) is 1. The van der Waals surface area contributed by atoms with Gasteiger partial charge in [0.05, 0.1) is 0 Å². The van der Waals surface area contributed by atoms with Gasteiger partial charge in [0.25, 0.3) is 0 Å². The van der Waals surface area contributed by atoms with Crippen LogP contribution in [0.1, 0.15) is 25.0 Å². The van der Waals surface area contributed by atoms with Crippen LogP contribution in [0.5, 0.6) is 0 Å². The maximum Gasteiger partial charge on any atom is 0.0362 e. The number of rotatable bonds is 1. The predicted octanol–water partition coefficient (Wildman–Crippen LogP) is 5.24. The van der Waals surface area contributed by atoms with Crippen molar-refractivity contribution in [3.63, 3.8) is 0 Å². The molecule has 1 aliphatic carbocycles. The number of hydrogen-bond donors (Lipinski definition) is 1. The normalized spacial score (nSPS) is 14.5. The maximum absolute atomic E-state index is 6.37. The summed E-state index contributed by atoms with van der Waals surface area (Å²) >= 11 is 0. The third-order valence-electron chi connectivity index (χ3n) is 4.82. The Bertz CT molecular complexity index is 860. The van der Waals surface area contributed by atoms with Crippen molar-refractivity contribution in [1.29, 1.82) is 0 Å². The highest BCUT2D eigenvalue weighted by molar-refractivity contribution is 5.95. The quantitative estimate of drug-likeness (QED) is 0.608. The smallest absolute Gasteiger partial charge is 0.0362 e. The molecule has 0 unspecified atom stereocenters. The van der Waals surface area contributed by atoms with Crippen LogP contribution in [-0.2, 0) is 5.41 Å². The minimum absolute atomic E-state index is 0.0548. The van der Waals surface area contributed by atoms with Gasteiger partial charge >= 0.3 is 0 Å². The van der Waals surface area contributed by atoms with E-state index in [-0.39, 0.29) is 5.41 Å². The molecule has 0 aromatic heterocycles. The molecule has 0 spiro atoms. The molecule has 3 aromatic carbocycles. The van der Waals surface area contributed by atoms with E-state index in [0.717, 1.165) is 5.69 Å². The first-order valence-corrected chi connectivity index (χ1v) is 7.69. The van der Waals surface area contributed by atoms with Crippen LogP contribution in [0.2, 0.25) is 0 Å². The van der Waals surface area contributed by atoms with E-state index in [1.165, 1.54) is 33.4 Å². The van der Waals surface area contributed by atoms with E-state index in [2.05, 4.69) is 80.6 Å². The van der Waals surface area contributed by atoms with Crippen molar-refractivity contribution in [3.8, 4) is 22.3 Å². The van der Waals surface area contributed by atoms with Crippen LogP contribution in [0, 0.1) is 0 Å². The number of fused-ring (bicyclic) bond motifs is 3. The van der Waals surface area contributed by atoms with Gasteiger partial charge in [-0.15, -0.1) is 0 Å². The standard InChI is InChI=1S/C21H19N/c1-21(2)17-11-7-6-10-16(17)19-15(12-13-18(22)20(19)21)14-8-4-3-5-9-14/h3-13H,22H2,1-2H3. The van der Waals surface area contributed by atoms with Gasteiger partial charge in [0, 0.05) is 11.1 Å². The maximum atomic E-state index is 6.37. The first kappa shape index (κ1) is 13.1. The van der Waals surface area contributed by atoms with Crippen LogP contribution in [0.25, 0.3) is 22.3 Å². The van der Waals surface area contributed by atoms with Gasteiger partial charge < -0.3 is 5.73 Å². The zero-order chi connectivity index (χ0) is 15.3. The first-order valence-electron chi connectivity index (χ1n) is 7.69. The van der Waals surface area contributed by atoms with Gasteiger partial charge in [-0.05, 0) is 39.4 Å². The molecular weight excluding hydrogens is 266 g/mol. The van der Waals surface area contributed by atoms with Crippen molar-refractivity contribution >= 4 is 5.69 Å². The minimum Gasteiger partial charge on any atom is -0.398 e. The summed E-state index contributed by atoms with van der Waals surface area (Å²) in [5, 5.41) is 0. The van der Waals surface area contributed by atoms with Crippen molar-refractivity contribution in [2.45, 2.75) is 19.3 Å². The topological polar surface area (TPSA) is 26.0 Å². The average Bonchev–Trinajstić information content (AvgIpc) is 2.78. The van der Waals surface area contributed by atoms with Gasteiger partial charge in [-0.3, -0.25) is 0 Å². The number of benzene rings is 3. The Morgan fingerprint density at radius 2 is 1.41 bits per heavy atom. The summed E-state index contributed by atoms with van der Waals surface area (Å²) in [5.41, 5.74) is 14.9. The second-order valence-corrected chi connectivity index (χ2v) is 6.49. The summed E-state index contributed by atoms with van der Waals surface area (Å²) in [4.78, 5) is 0. The molecule has 0 radical (unpaired) electrons. The molecule has 0 atom stereocenters. The number of anilines is 1. The molecule has 0 saturated heterocycles. The molecule has 1 heteroatoms. The lowest BCUT2D eigenvalue weighted by Gasteiger charge is -2.23. The third-order valence-corrected chi connectivity index (χ3v) is 4.82. The summed E-state index contributed by atoms with van der Waals surface area (Å²) in [6.45, 7) is 4.53. The van der Waals surface area contributed by atoms with E-state index < -0.39 is 0 Å². The fourth-order valence-electron chi connectivity index (χ4n) is 3.81. The molecule has 4 rings (SSSR count). The highest BCUT2D eigenvalue weighted by Crippen LogP contribution is 2.53. The van der Waals surface area contributed by atoms with Crippen LogP contribution in [0.3, 0.4) is 0 Å². The Hall–Kier alpha value is -2.54. The van der Waals surface area contributed by atoms with Gasteiger partial charge in [0.2, 0.25) is 0 Å². The molecule has 0 saturated carbocycles. The van der Waals surface area contributed by atoms with Gasteiger partial charge in [-0.25, -0.2) is 0 Å². The molecule has 2 N–H and O–H groups in total. The average molecular weight is 285 g/mol. The summed E-state index contributed by atoms with van der Waals surface area (Å²) in [7, 11) is 0. The molecule has 1 aliphatic rings. The minimum atomic E-state index is -0.0548. The number of nitrogen functional groups attached to an aromatic ring is 1. The fourth-order valence-corrected chi connectivity index (χ4v) is 3.81. The Morgan fingerprint density at radius 1 is 0.727 bits per heavy atom. The van der Waals surface area contributed by atoms with Crippen LogP contribution in [0.15, 0.2) is 66.7 Å². The Balaban J connectivity index is 2.12. The second kappa shape index (κ2) is 4.48. The molecule has 0 fully saturated rings. The molecule has 3 aromatic rings. The molecule has 108 valence electrons. The van der Waals surface area contributed by atoms with Crippen molar-refractivity contribution < 1.29 is 0 Å². The van der Waals surface area contributed by atoms with Crippen LogP contribution < -0.4 is 5.73 Å². The molecule has 22 heavy (non-hydrogen) atoms. The Kier molecular flexibility index (Phi) is 2.67. The SMILES string of the molecule is CC1(C)c2ccccc2-c2c(-c3ccccc3)ccc(N)c21. The summed E-state index contributed by atoms with van der Waals surface area (Å²) in [6.07, 6.45) is 0. The lowest BCUT2D eigenvalue weighted by Crippen LogP contribution is -2.17. The molecule has 1 nitrogen and oxygen atoms in total. The van der Waals surface area contributed by atoms with Gasteiger partial charge in [0.15, 0.2) is 0 Å². The van der Waals surface area contributed by atoms with Gasteiger partial charge in [0.1, 0.15) is 0 Å². The summed E-state index contributed by atoms with van der Waals surface area (Å²) in [6, 6.07) is 23.4. The van der Waals surface area contributed by atoms with Crippen molar-refractivity contribution in [2.24, 2.45) is 0 Å². The second-order valence-electron chi connectivity index (χ2n) is 6.49. The van der Waals surface area contributed by atoms with E-state index in [0.29, 0.717) is 0 Å². The van der Waals surface area contributed by atoms with Crippen LogP contribution in [-0.4, -0.2) is 0 Å². The van der Waals surface area contributed by atoms with E-state index >= 15 is 0 Å². The molecule has 0 heterocycles. The van der Waals surface area contributed by atoms with Gasteiger partial charge in [-0.1, -0.05) is 74.5 Å². The lowest BCUT2D eigenvalue weighted by atomic mass is 9.81. The third kappa shape index (κ3) is 1.66. The van der Waals surface area contributed by atoms with E-state index in [4.69, 9.17) is 5.73 Å². The first-order chi connectivity index (χ1) is 10.6. The number of nitrogens with two attached hydrogens (primary N) is 1. The highest BCUT2D eigenvalue weighted by atomic mass is 14.6. The van der Waals surface area contributed by atoms with Gasteiger partial charge in [-0.2, -0.15) is 0 Å². The van der Waals surface area contributed by atoms with Crippen molar-refractivity contribution in [2.75, 3.05) is 5.73 Å². The largest absolute Gasteiger partial charge is 0.398 e. The predicted molar refractivity (Wildman–Crippen MR) is 93.9 cm³/mol.